The molecule has 0 saturated carbocycles. The van der Waals surface area contributed by atoms with Gasteiger partial charge in [-0.05, 0) is 12.1 Å². The Bertz CT molecular complexity index is 489. The molecule has 0 bridgehead atoms. The number of methoxy groups -OCH3 is 1. The van der Waals surface area contributed by atoms with Gasteiger partial charge in [-0.2, -0.15) is 5.10 Å². The van der Waals surface area contributed by atoms with E-state index in [9.17, 15) is 4.79 Å². The lowest BCUT2D eigenvalue weighted by atomic mass is 10.3. The Morgan fingerprint density at radius 3 is 3.00 bits per heavy atom. The Hall–Kier alpha value is -1.82. The van der Waals surface area contributed by atoms with Gasteiger partial charge in [-0.3, -0.25) is 5.10 Å². The number of ether oxygens (including phenoxy) is 1. The van der Waals surface area contributed by atoms with E-state index >= 15 is 0 Å². The van der Waals surface area contributed by atoms with Crippen molar-refractivity contribution in [1.82, 2.24) is 10.2 Å². The molecule has 3 N–H and O–H groups in total. The molecule has 15 heavy (non-hydrogen) atoms. The molecule has 0 aliphatic rings. The standard InChI is InChI=1S/C9H9N3O2S/c1-14-9(13)7-3-2-6(15-7)5-4-8(10)12-11-5/h2-4H,1H3,(H3,10,11,12). The minimum atomic E-state index is -0.335. The van der Waals surface area contributed by atoms with Crippen molar-refractivity contribution in [2.45, 2.75) is 0 Å². The Labute approximate surface area is 89.9 Å². The van der Waals surface area contributed by atoms with Crippen molar-refractivity contribution in [3.8, 4) is 10.6 Å². The summed E-state index contributed by atoms with van der Waals surface area (Å²) in [4.78, 5) is 12.7. The molecular formula is C9H9N3O2S. The van der Waals surface area contributed by atoms with Gasteiger partial charge in [-0.15, -0.1) is 11.3 Å². The molecule has 0 spiro atoms. The topological polar surface area (TPSA) is 81.0 Å². The Morgan fingerprint density at radius 2 is 2.40 bits per heavy atom. The van der Waals surface area contributed by atoms with E-state index in [-0.39, 0.29) is 5.97 Å². The average Bonchev–Trinajstić information content (AvgIpc) is 2.84. The maximum Gasteiger partial charge on any atom is 0.348 e. The number of H-pyrrole nitrogens is 1. The molecule has 0 amide bonds. The van der Waals surface area contributed by atoms with Crippen molar-refractivity contribution in [3.63, 3.8) is 0 Å². The number of nitrogen functional groups attached to an aromatic ring is 1. The number of carbonyl (C=O) groups is 1. The second kappa shape index (κ2) is 3.74. The first-order valence-electron chi connectivity index (χ1n) is 4.20. The monoisotopic (exact) mass is 223 g/mol. The first-order valence-corrected chi connectivity index (χ1v) is 5.02. The largest absolute Gasteiger partial charge is 0.465 e. The number of anilines is 1. The molecule has 2 rings (SSSR count). The van der Waals surface area contributed by atoms with Crippen molar-refractivity contribution in [3.05, 3.63) is 23.1 Å². The molecule has 6 heteroatoms. The highest BCUT2D eigenvalue weighted by atomic mass is 32.1. The van der Waals surface area contributed by atoms with Gasteiger partial charge >= 0.3 is 5.97 Å². The molecule has 2 heterocycles. The fourth-order valence-corrected chi connectivity index (χ4v) is 2.05. The van der Waals surface area contributed by atoms with E-state index in [1.54, 1.807) is 12.1 Å². The van der Waals surface area contributed by atoms with Gasteiger partial charge in [0.05, 0.1) is 17.7 Å². The van der Waals surface area contributed by atoms with Crippen LogP contribution in [0.4, 0.5) is 5.82 Å². The maximum absolute atomic E-state index is 11.2. The number of hydrogen-bond donors (Lipinski definition) is 2. The van der Waals surface area contributed by atoms with Crippen LogP contribution in [0.2, 0.25) is 0 Å². The number of nitrogens with two attached hydrogens (primary N) is 1. The molecular weight excluding hydrogens is 214 g/mol. The number of hydrogen-bond acceptors (Lipinski definition) is 5. The van der Waals surface area contributed by atoms with Crippen molar-refractivity contribution in [2.75, 3.05) is 12.8 Å². The van der Waals surface area contributed by atoms with Crippen LogP contribution in [0.25, 0.3) is 10.6 Å². The summed E-state index contributed by atoms with van der Waals surface area (Å²) in [5.74, 6) is 0.0942. The molecule has 0 fully saturated rings. The van der Waals surface area contributed by atoms with Crippen LogP contribution in [0.5, 0.6) is 0 Å². The van der Waals surface area contributed by atoms with E-state index in [0.29, 0.717) is 10.7 Å². The molecule has 2 aromatic heterocycles. The number of rotatable bonds is 2. The van der Waals surface area contributed by atoms with Crippen molar-refractivity contribution < 1.29 is 9.53 Å². The number of nitrogens with one attached hydrogen (secondary N) is 1. The SMILES string of the molecule is COC(=O)c1ccc(-c2cc(N)n[nH]2)s1. The number of esters is 1. The summed E-state index contributed by atoms with van der Waals surface area (Å²) in [6, 6.07) is 5.25. The van der Waals surface area contributed by atoms with E-state index in [1.165, 1.54) is 18.4 Å². The summed E-state index contributed by atoms with van der Waals surface area (Å²) in [5, 5.41) is 6.59. The predicted molar refractivity (Wildman–Crippen MR) is 57.7 cm³/mol. The number of aromatic amines is 1. The molecule has 0 atom stereocenters. The summed E-state index contributed by atoms with van der Waals surface area (Å²) in [5.41, 5.74) is 6.28. The summed E-state index contributed by atoms with van der Waals surface area (Å²) in [7, 11) is 1.36. The number of nitrogens with zero attached hydrogens (tertiary/aromatic N) is 1. The fraction of sp³-hybridized carbons (Fsp3) is 0.111. The van der Waals surface area contributed by atoms with Crippen LogP contribution in [0, 0.1) is 0 Å². The van der Waals surface area contributed by atoms with Gasteiger partial charge in [-0.1, -0.05) is 0 Å². The first-order chi connectivity index (χ1) is 7.20. The highest BCUT2D eigenvalue weighted by Crippen LogP contribution is 2.27. The highest BCUT2D eigenvalue weighted by molar-refractivity contribution is 7.17. The van der Waals surface area contributed by atoms with Crippen LogP contribution in [0.3, 0.4) is 0 Å². The second-order valence-electron chi connectivity index (χ2n) is 2.86. The molecule has 0 unspecified atom stereocenters. The maximum atomic E-state index is 11.2. The highest BCUT2D eigenvalue weighted by Gasteiger charge is 2.11. The Balaban J connectivity index is 2.31. The molecule has 78 valence electrons. The van der Waals surface area contributed by atoms with Gasteiger partial charge in [0.2, 0.25) is 0 Å². The van der Waals surface area contributed by atoms with Crippen LogP contribution >= 0.6 is 11.3 Å². The lowest BCUT2D eigenvalue weighted by Gasteiger charge is -1.92. The third-order valence-corrected chi connectivity index (χ3v) is 2.95. The quantitative estimate of drug-likeness (QED) is 0.756. The molecule has 2 aromatic rings. The Morgan fingerprint density at radius 1 is 1.60 bits per heavy atom. The minimum absolute atomic E-state index is 0.335. The van der Waals surface area contributed by atoms with Crippen LogP contribution in [0.1, 0.15) is 9.67 Å². The van der Waals surface area contributed by atoms with Crippen molar-refractivity contribution in [2.24, 2.45) is 0 Å². The van der Waals surface area contributed by atoms with Crippen LogP contribution in [0.15, 0.2) is 18.2 Å². The fourth-order valence-electron chi connectivity index (χ4n) is 1.16. The molecule has 0 saturated heterocycles. The second-order valence-corrected chi connectivity index (χ2v) is 3.95. The van der Waals surface area contributed by atoms with Gasteiger partial charge in [0.25, 0.3) is 0 Å². The zero-order chi connectivity index (χ0) is 10.8. The zero-order valence-corrected chi connectivity index (χ0v) is 8.80. The lowest BCUT2D eigenvalue weighted by molar-refractivity contribution is 0.0606. The third-order valence-electron chi connectivity index (χ3n) is 1.86. The van der Waals surface area contributed by atoms with Gasteiger partial charge in [-0.25, -0.2) is 4.79 Å². The van der Waals surface area contributed by atoms with E-state index in [0.717, 1.165) is 10.6 Å². The van der Waals surface area contributed by atoms with Crippen LogP contribution < -0.4 is 5.73 Å². The summed E-state index contributed by atoms with van der Waals surface area (Å²) in [6.07, 6.45) is 0. The van der Waals surface area contributed by atoms with Crippen molar-refractivity contribution in [1.29, 1.82) is 0 Å². The van der Waals surface area contributed by atoms with Crippen LogP contribution in [-0.4, -0.2) is 23.3 Å². The predicted octanol–water partition coefficient (Wildman–Crippen LogP) is 1.51. The molecule has 5 nitrogen and oxygen atoms in total. The smallest absolute Gasteiger partial charge is 0.348 e. The zero-order valence-electron chi connectivity index (χ0n) is 7.98. The third kappa shape index (κ3) is 1.84. The van der Waals surface area contributed by atoms with Crippen LogP contribution in [-0.2, 0) is 4.74 Å². The van der Waals surface area contributed by atoms with Crippen molar-refractivity contribution >= 4 is 23.1 Å². The first kappa shape index (κ1) is 9.72. The number of aromatic nitrogens is 2. The van der Waals surface area contributed by atoms with Gasteiger partial charge in [0.1, 0.15) is 10.7 Å². The van der Waals surface area contributed by atoms with Gasteiger partial charge < -0.3 is 10.5 Å². The van der Waals surface area contributed by atoms with E-state index in [1.807, 2.05) is 6.07 Å². The molecule has 0 aliphatic carbocycles. The molecule has 0 aromatic carbocycles. The van der Waals surface area contributed by atoms with E-state index in [2.05, 4.69) is 14.9 Å². The Kier molecular flexibility index (Phi) is 2.42. The average molecular weight is 223 g/mol. The van der Waals surface area contributed by atoms with E-state index in [4.69, 9.17) is 5.73 Å². The summed E-state index contributed by atoms with van der Waals surface area (Å²) < 4.78 is 4.61. The minimum Gasteiger partial charge on any atom is -0.465 e. The summed E-state index contributed by atoms with van der Waals surface area (Å²) >= 11 is 1.33. The lowest BCUT2D eigenvalue weighted by Crippen LogP contribution is -1.96. The van der Waals surface area contributed by atoms with Gasteiger partial charge in [0, 0.05) is 6.07 Å². The normalized spacial score (nSPS) is 10.2. The number of carbonyl (C=O) groups excluding carboxylic acids is 1. The number of thiophene rings is 1. The molecule has 0 radical (unpaired) electrons. The van der Waals surface area contributed by atoms with E-state index < -0.39 is 0 Å². The summed E-state index contributed by atoms with van der Waals surface area (Å²) in [6.45, 7) is 0. The molecule has 0 aliphatic heterocycles. The van der Waals surface area contributed by atoms with Gasteiger partial charge in [0.15, 0.2) is 0 Å².